The average molecular weight is 188 g/mol. The highest BCUT2D eigenvalue weighted by atomic mass is 16.7. The third-order valence-corrected chi connectivity index (χ3v) is 3.31. The van der Waals surface area contributed by atoms with E-state index in [-0.39, 0.29) is 11.4 Å². The summed E-state index contributed by atoms with van der Waals surface area (Å²) in [6.07, 6.45) is 3.80. The van der Waals surface area contributed by atoms with Crippen LogP contribution in [0.5, 0.6) is 0 Å². The molecule has 0 aromatic heterocycles. The largest absolute Gasteiger partial charge is 0.379 e. The Labute approximate surface area is 80.4 Å². The Morgan fingerprint density at radius 3 is 1.54 bits per heavy atom. The fourth-order valence-electron chi connectivity index (χ4n) is 1.86. The smallest absolute Gasteiger partial charge is 0.167 e. The van der Waals surface area contributed by atoms with E-state index in [1.807, 2.05) is 0 Å². The highest BCUT2D eigenvalue weighted by Gasteiger charge is 2.40. The summed E-state index contributed by atoms with van der Waals surface area (Å²) in [5.41, 5.74) is 0.0144. The lowest BCUT2D eigenvalue weighted by atomic mass is 9.82. The van der Waals surface area contributed by atoms with E-state index in [9.17, 15) is 0 Å². The second-order valence-corrected chi connectivity index (χ2v) is 3.97. The van der Waals surface area contributed by atoms with Crippen LogP contribution in [0, 0.1) is 0 Å². The first-order valence-electron chi connectivity index (χ1n) is 4.75. The molecule has 13 heavy (non-hydrogen) atoms. The molecule has 0 aliphatic heterocycles. The lowest BCUT2D eigenvalue weighted by Crippen LogP contribution is -2.44. The van der Waals surface area contributed by atoms with Gasteiger partial charge in [0.05, 0.1) is 5.60 Å². The van der Waals surface area contributed by atoms with E-state index < -0.39 is 0 Å². The van der Waals surface area contributed by atoms with E-state index >= 15 is 0 Å². The number of methoxy groups -OCH3 is 3. The molecule has 0 radical (unpaired) electrons. The summed E-state index contributed by atoms with van der Waals surface area (Å²) < 4.78 is 16.2. The molecule has 0 heterocycles. The van der Waals surface area contributed by atoms with Gasteiger partial charge in [0.25, 0.3) is 0 Å². The molecule has 1 rings (SSSR count). The molecule has 1 aliphatic rings. The molecule has 1 fully saturated rings. The average Bonchev–Trinajstić information content (AvgIpc) is 2.20. The molecule has 0 spiro atoms. The van der Waals surface area contributed by atoms with Gasteiger partial charge in [-0.1, -0.05) is 0 Å². The van der Waals surface area contributed by atoms with E-state index in [4.69, 9.17) is 14.2 Å². The molecule has 78 valence electrons. The lowest BCUT2D eigenvalue weighted by molar-refractivity contribution is -0.242. The van der Waals surface area contributed by atoms with E-state index in [0.717, 1.165) is 25.7 Å². The van der Waals surface area contributed by atoms with Crippen LogP contribution < -0.4 is 0 Å². The van der Waals surface area contributed by atoms with Crippen LogP contribution in [0.3, 0.4) is 0 Å². The minimum Gasteiger partial charge on any atom is -0.379 e. The molecule has 0 bridgehead atoms. The molecule has 1 aliphatic carbocycles. The first kappa shape index (κ1) is 11.0. The number of rotatable bonds is 3. The van der Waals surface area contributed by atoms with Crippen molar-refractivity contribution in [1.29, 1.82) is 0 Å². The van der Waals surface area contributed by atoms with Gasteiger partial charge in [0, 0.05) is 34.2 Å². The predicted molar refractivity (Wildman–Crippen MR) is 50.6 cm³/mol. The first-order chi connectivity index (χ1) is 6.10. The van der Waals surface area contributed by atoms with Crippen molar-refractivity contribution in [3.05, 3.63) is 0 Å². The van der Waals surface area contributed by atoms with Crippen LogP contribution in [0.1, 0.15) is 32.6 Å². The van der Waals surface area contributed by atoms with Crippen molar-refractivity contribution in [2.75, 3.05) is 21.3 Å². The second kappa shape index (κ2) is 3.95. The van der Waals surface area contributed by atoms with Gasteiger partial charge in [0.15, 0.2) is 5.79 Å². The first-order valence-corrected chi connectivity index (χ1v) is 4.75. The Bertz CT molecular complexity index is 154. The molecular weight excluding hydrogens is 168 g/mol. The summed E-state index contributed by atoms with van der Waals surface area (Å²) in [5.74, 6) is -0.363. The van der Waals surface area contributed by atoms with Crippen LogP contribution in [0.15, 0.2) is 0 Å². The Morgan fingerprint density at radius 1 is 0.769 bits per heavy atom. The number of ether oxygens (including phenoxy) is 3. The van der Waals surface area contributed by atoms with Crippen molar-refractivity contribution >= 4 is 0 Å². The van der Waals surface area contributed by atoms with Gasteiger partial charge in [-0.15, -0.1) is 0 Å². The molecule has 0 aromatic carbocycles. The van der Waals surface area contributed by atoms with E-state index in [2.05, 4.69) is 6.92 Å². The molecule has 3 nitrogen and oxygen atoms in total. The molecule has 0 amide bonds. The quantitative estimate of drug-likeness (QED) is 0.634. The highest BCUT2D eigenvalue weighted by molar-refractivity contribution is 4.87. The molecule has 0 saturated heterocycles. The second-order valence-electron chi connectivity index (χ2n) is 3.97. The maximum Gasteiger partial charge on any atom is 0.167 e. The van der Waals surface area contributed by atoms with Gasteiger partial charge >= 0.3 is 0 Å². The minimum atomic E-state index is -0.363. The Kier molecular flexibility index (Phi) is 3.33. The Morgan fingerprint density at radius 2 is 1.23 bits per heavy atom. The zero-order chi connectivity index (χ0) is 9.95. The maximum atomic E-state index is 5.45. The summed E-state index contributed by atoms with van der Waals surface area (Å²) in [5, 5.41) is 0. The summed E-state index contributed by atoms with van der Waals surface area (Å²) in [4.78, 5) is 0. The summed E-state index contributed by atoms with van der Waals surface area (Å²) >= 11 is 0. The van der Waals surface area contributed by atoms with Crippen LogP contribution in [0.25, 0.3) is 0 Å². The molecule has 1 saturated carbocycles. The van der Waals surface area contributed by atoms with E-state index in [0.29, 0.717) is 0 Å². The van der Waals surface area contributed by atoms with Crippen LogP contribution in [0.2, 0.25) is 0 Å². The van der Waals surface area contributed by atoms with Crippen molar-refractivity contribution in [1.82, 2.24) is 0 Å². The molecule has 0 aromatic rings. The summed E-state index contributed by atoms with van der Waals surface area (Å²) in [6, 6.07) is 0. The molecule has 0 unspecified atom stereocenters. The van der Waals surface area contributed by atoms with E-state index in [1.165, 1.54) is 0 Å². The number of hydrogen-bond donors (Lipinski definition) is 0. The SMILES string of the molecule is COC1(C)CCC(OC)(OC)CC1. The van der Waals surface area contributed by atoms with Gasteiger partial charge in [-0.3, -0.25) is 0 Å². The highest BCUT2D eigenvalue weighted by Crippen LogP contribution is 2.38. The van der Waals surface area contributed by atoms with Crippen LogP contribution in [0.4, 0.5) is 0 Å². The zero-order valence-electron chi connectivity index (χ0n) is 9.05. The molecule has 0 N–H and O–H groups in total. The molecular formula is C10H20O3. The standard InChI is InChI=1S/C10H20O3/c1-9(11-2)5-7-10(12-3,13-4)8-6-9/h5-8H2,1-4H3. The Hall–Kier alpha value is -0.120. The van der Waals surface area contributed by atoms with Gasteiger partial charge in [-0.05, 0) is 19.8 Å². The van der Waals surface area contributed by atoms with E-state index in [1.54, 1.807) is 21.3 Å². The van der Waals surface area contributed by atoms with Crippen molar-refractivity contribution in [2.24, 2.45) is 0 Å². The van der Waals surface area contributed by atoms with Crippen LogP contribution >= 0.6 is 0 Å². The van der Waals surface area contributed by atoms with Gasteiger partial charge in [-0.2, -0.15) is 0 Å². The predicted octanol–water partition coefficient (Wildman–Crippen LogP) is 1.95. The number of hydrogen-bond acceptors (Lipinski definition) is 3. The van der Waals surface area contributed by atoms with Gasteiger partial charge < -0.3 is 14.2 Å². The monoisotopic (exact) mass is 188 g/mol. The molecule has 3 heteroatoms. The van der Waals surface area contributed by atoms with Crippen molar-refractivity contribution in [2.45, 2.75) is 44.0 Å². The van der Waals surface area contributed by atoms with Crippen LogP contribution in [-0.4, -0.2) is 32.7 Å². The van der Waals surface area contributed by atoms with Gasteiger partial charge in [0.2, 0.25) is 0 Å². The third-order valence-electron chi connectivity index (χ3n) is 3.31. The van der Waals surface area contributed by atoms with Gasteiger partial charge in [0.1, 0.15) is 0 Å². The van der Waals surface area contributed by atoms with Crippen LogP contribution in [-0.2, 0) is 14.2 Å². The third kappa shape index (κ3) is 2.22. The fraction of sp³-hybridized carbons (Fsp3) is 1.00. The Balaban J connectivity index is 2.54. The maximum absolute atomic E-state index is 5.45. The molecule has 0 atom stereocenters. The minimum absolute atomic E-state index is 0.0144. The fourth-order valence-corrected chi connectivity index (χ4v) is 1.86. The lowest BCUT2D eigenvalue weighted by Gasteiger charge is -2.42. The normalized spacial score (nSPS) is 25.8. The topological polar surface area (TPSA) is 27.7 Å². The van der Waals surface area contributed by atoms with Crippen molar-refractivity contribution < 1.29 is 14.2 Å². The summed E-state index contributed by atoms with van der Waals surface area (Å²) in [6.45, 7) is 2.14. The van der Waals surface area contributed by atoms with Crippen molar-refractivity contribution in [3.63, 3.8) is 0 Å². The van der Waals surface area contributed by atoms with Crippen molar-refractivity contribution in [3.8, 4) is 0 Å². The zero-order valence-corrected chi connectivity index (χ0v) is 9.05. The van der Waals surface area contributed by atoms with Gasteiger partial charge in [-0.25, -0.2) is 0 Å². The summed E-state index contributed by atoms with van der Waals surface area (Å²) in [7, 11) is 5.19.